The summed E-state index contributed by atoms with van der Waals surface area (Å²) in [6.45, 7) is 0. The van der Waals surface area contributed by atoms with Gasteiger partial charge in [0.25, 0.3) is 0 Å². The monoisotopic (exact) mass is 336 g/mol. The third-order valence-corrected chi connectivity index (χ3v) is 6.92. The van der Waals surface area contributed by atoms with Crippen molar-refractivity contribution in [3.05, 3.63) is 28.2 Å². The van der Waals surface area contributed by atoms with Crippen LogP contribution < -0.4 is 4.90 Å². The molecule has 102 valence electrons. The van der Waals surface area contributed by atoms with Gasteiger partial charge >= 0.3 is 0 Å². The molecular weight excluding hydrogens is 327 g/mol. The van der Waals surface area contributed by atoms with Crippen LogP contribution in [0.15, 0.2) is 18.2 Å². The van der Waals surface area contributed by atoms with Crippen molar-refractivity contribution in [2.45, 2.75) is 11.3 Å². The van der Waals surface area contributed by atoms with Crippen LogP contribution in [0.3, 0.4) is 0 Å². The smallest absolute Gasteiger partial charge is 0.161 e. The van der Waals surface area contributed by atoms with Gasteiger partial charge < -0.3 is 4.90 Å². The summed E-state index contributed by atoms with van der Waals surface area (Å²) in [5.74, 6) is 0.207. The molecule has 2 aliphatic rings. The number of sulfone groups is 1. The Kier molecular flexibility index (Phi) is 3.24. The van der Waals surface area contributed by atoms with Crippen molar-refractivity contribution in [3.8, 4) is 0 Å². The quantitative estimate of drug-likeness (QED) is 0.856. The van der Waals surface area contributed by atoms with E-state index in [0.29, 0.717) is 20.9 Å². The average Bonchev–Trinajstić information content (AvgIpc) is 2.70. The second kappa shape index (κ2) is 4.55. The predicted molar refractivity (Wildman–Crippen MR) is 80.5 cm³/mol. The van der Waals surface area contributed by atoms with E-state index in [0.717, 1.165) is 0 Å². The van der Waals surface area contributed by atoms with Crippen LogP contribution in [0.25, 0.3) is 0 Å². The van der Waals surface area contributed by atoms with Crippen LogP contribution >= 0.6 is 35.0 Å². The standard InChI is InChI=1S/C11H10Cl2N2O2S2/c12-6-1-2-8(7(13)3-6)15-9-4-19(16,17)5-10(9)18-11(15)14/h1-3,9-10,14H,4-5H2/t9-,10+/m0/s1. The highest BCUT2D eigenvalue weighted by Crippen LogP contribution is 2.42. The normalized spacial score (nSPS) is 28.7. The van der Waals surface area contributed by atoms with E-state index < -0.39 is 9.84 Å². The van der Waals surface area contributed by atoms with Crippen LogP contribution in [-0.4, -0.2) is 36.4 Å². The van der Waals surface area contributed by atoms with Crippen LogP contribution in [0.1, 0.15) is 0 Å². The highest BCUT2D eigenvalue weighted by molar-refractivity contribution is 8.15. The van der Waals surface area contributed by atoms with Crippen LogP contribution in [0.5, 0.6) is 0 Å². The molecule has 8 heteroatoms. The first-order valence-corrected chi connectivity index (χ1v) is 9.03. The molecule has 0 saturated carbocycles. The molecule has 19 heavy (non-hydrogen) atoms. The van der Waals surface area contributed by atoms with E-state index in [4.69, 9.17) is 28.6 Å². The van der Waals surface area contributed by atoms with Gasteiger partial charge in [-0.25, -0.2) is 8.42 Å². The van der Waals surface area contributed by atoms with Gasteiger partial charge in [-0.2, -0.15) is 0 Å². The minimum atomic E-state index is -3.02. The molecule has 2 aliphatic heterocycles. The summed E-state index contributed by atoms with van der Waals surface area (Å²) in [5.41, 5.74) is 0.646. The van der Waals surface area contributed by atoms with E-state index in [1.54, 1.807) is 23.1 Å². The second-order valence-electron chi connectivity index (χ2n) is 4.57. The Morgan fingerprint density at radius 3 is 2.74 bits per heavy atom. The SMILES string of the molecule is N=C1S[C@@H]2CS(=O)(=O)C[C@@H]2N1c1ccc(Cl)cc1Cl. The number of rotatable bonds is 1. The molecule has 0 aliphatic carbocycles. The van der Waals surface area contributed by atoms with Crippen LogP contribution in [0.4, 0.5) is 5.69 Å². The van der Waals surface area contributed by atoms with E-state index in [1.807, 2.05) is 0 Å². The number of hydrogen-bond acceptors (Lipinski definition) is 4. The molecule has 2 saturated heterocycles. The summed E-state index contributed by atoms with van der Waals surface area (Å²) < 4.78 is 23.4. The van der Waals surface area contributed by atoms with Crippen LogP contribution in [0.2, 0.25) is 10.0 Å². The molecule has 0 radical (unpaired) electrons. The Balaban J connectivity index is 2.02. The Hall–Kier alpha value is -0.430. The van der Waals surface area contributed by atoms with Gasteiger partial charge in [-0.15, -0.1) is 0 Å². The molecule has 0 bridgehead atoms. The molecule has 0 unspecified atom stereocenters. The lowest BCUT2D eigenvalue weighted by Crippen LogP contribution is -2.37. The summed E-state index contributed by atoms with van der Waals surface area (Å²) in [6, 6.07) is 4.82. The molecule has 1 aromatic rings. The Morgan fingerprint density at radius 1 is 1.32 bits per heavy atom. The third kappa shape index (κ3) is 2.35. The van der Waals surface area contributed by atoms with E-state index in [9.17, 15) is 8.42 Å². The number of benzene rings is 1. The number of anilines is 1. The summed E-state index contributed by atoms with van der Waals surface area (Å²) in [5, 5.41) is 9.24. The lowest BCUT2D eigenvalue weighted by Gasteiger charge is -2.24. The molecule has 0 amide bonds. The van der Waals surface area contributed by atoms with Crippen molar-refractivity contribution in [2.75, 3.05) is 16.4 Å². The van der Waals surface area contributed by atoms with Gasteiger partial charge in [-0.1, -0.05) is 35.0 Å². The molecule has 4 nitrogen and oxygen atoms in total. The van der Waals surface area contributed by atoms with Gasteiger partial charge in [-0.3, -0.25) is 5.41 Å². The topological polar surface area (TPSA) is 61.2 Å². The van der Waals surface area contributed by atoms with Gasteiger partial charge in [0.05, 0.1) is 28.3 Å². The zero-order chi connectivity index (χ0) is 13.8. The highest BCUT2D eigenvalue weighted by atomic mass is 35.5. The molecule has 2 heterocycles. The number of fused-ring (bicyclic) bond motifs is 1. The van der Waals surface area contributed by atoms with Crippen molar-refractivity contribution in [1.82, 2.24) is 0 Å². The number of nitrogens with one attached hydrogen (secondary N) is 1. The van der Waals surface area contributed by atoms with Gasteiger partial charge in [0, 0.05) is 10.3 Å². The maximum absolute atomic E-state index is 11.7. The fourth-order valence-corrected chi connectivity index (χ4v) is 6.75. The zero-order valence-electron chi connectivity index (χ0n) is 9.64. The molecule has 1 aromatic carbocycles. The van der Waals surface area contributed by atoms with E-state index in [2.05, 4.69) is 0 Å². The number of halogens is 2. The minimum Gasteiger partial charge on any atom is -0.315 e. The van der Waals surface area contributed by atoms with Gasteiger partial charge in [0.1, 0.15) is 0 Å². The lowest BCUT2D eigenvalue weighted by molar-refractivity contribution is 0.601. The number of amidine groups is 1. The number of nitrogens with zero attached hydrogens (tertiary/aromatic N) is 1. The molecule has 3 rings (SSSR count). The largest absolute Gasteiger partial charge is 0.315 e. The fraction of sp³-hybridized carbons (Fsp3) is 0.364. The molecule has 0 aromatic heterocycles. The van der Waals surface area contributed by atoms with Crippen molar-refractivity contribution >= 4 is 55.7 Å². The van der Waals surface area contributed by atoms with Crippen molar-refractivity contribution in [1.29, 1.82) is 5.41 Å². The summed E-state index contributed by atoms with van der Waals surface area (Å²) in [4.78, 5) is 1.71. The molecular formula is C11H10Cl2N2O2S2. The molecule has 1 N–H and O–H groups in total. The zero-order valence-corrected chi connectivity index (χ0v) is 12.8. The summed E-state index contributed by atoms with van der Waals surface area (Å²) in [7, 11) is -3.02. The van der Waals surface area contributed by atoms with Gasteiger partial charge in [0.2, 0.25) is 0 Å². The van der Waals surface area contributed by atoms with Crippen LogP contribution in [0, 0.1) is 5.41 Å². The number of thioether (sulfide) groups is 1. The van der Waals surface area contributed by atoms with Crippen LogP contribution in [-0.2, 0) is 9.84 Å². The maximum atomic E-state index is 11.7. The van der Waals surface area contributed by atoms with Gasteiger partial charge in [0.15, 0.2) is 15.0 Å². The van der Waals surface area contributed by atoms with Gasteiger partial charge in [-0.05, 0) is 18.2 Å². The van der Waals surface area contributed by atoms with E-state index >= 15 is 0 Å². The molecule has 2 atom stereocenters. The molecule has 0 spiro atoms. The average molecular weight is 337 g/mol. The first-order valence-electron chi connectivity index (χ1n) is 5.57. The maximum Gasteiger partial charge on any atom is 0.161 e. The predicted octanol–water partition coefficient (Wildman–Crippen LogP) is 2.65. The third-order valence-electron chi connectivity index (χ3n) is 3.25. The first-order chi connectivity index (χ1) is 8.87. The Bertz CT molecular complexity index is 663. The fourth-order valence-electron chi connectivity index (χ4n) is 2.47. The van der Waals surface area contributed by atoms with Crippen molar-refractivity contribution in [2.24, 2.45) is 0 Å². The summed E-state index contributed by atoms with van der Waals surface area (Å²) in [6.07, 6.45) is 0. The Labute approximate surface area is 125 Å². The number of hydrogen-bond donors (Lipinski definition) is 1. The second-order valence-corrected chi connectivity index (χ2v) is 8.80. The van der Waals surface area contributed by atoms with E-state index in [-0.39, 0.29) is 22.8 Å². The first kappa shape index (κ1) is 13.5. The van der Waals surface area contributed by atoms with E-state index in [1.165, 1.54) is 11.8 Å². The summed E-state index contributed by atoms with van der Waals surface area (Å²) >= 11 is 13.3. The minimum absolute atomic E-state index is 0.0754. The lowest BCUT2D eigenvalue weighted by atomic mass is 10.2. The van der Waals surface area contributed by atoms with Crippen molar-refractivity contribution < 1.29 is 8.42 Å². The van der Waals surface area contributed by atoms with Crippen molar-refractivity contribution in [3.63, 3.8) is 0 Å². The molecule has 2 fully saturated rings. The Morgan fingerprint density at radius 2 is 2.05 bits per heavy atom. The highest BCUT2D eigenvalue weighted by Gasteiger charge is 2.49.